The highest BCUT2D eigenvalue weighted by atomic mass is 14.9. The van der Waals surface area contributed by atoms with Crippen molar-refractivity contribution in [2.75, 3.05) is 0 Å². The smallest absolute Gasteiger partial charge is 0.0823 e. The van der Waals surface area contributed by atoms with Crippen LogP contribution >= 0.6 is 0 Å². The maximum atomic E-state index is 5.85. The zero-order chi connectivity index (χ0) is 38.8. The molecule has 9 rings (SSSR count). The van der Waals surface area contributed by atoms with Crippen molar-refractivity contribution in [3.05, 3.63) is 211 Å². The van der Waals surface area contributed by atoms with Crippen molar-refractivity contribution in [1.82, 2.24) is 0 Å². The fourth-order valence-electron chi connectivity index (χ4n) is 8.92. The Kier molecular flexibility index (Phi) is 8.58. The molecule has 0 N–H and O–H groups in total. The Morgan fingerprint density at radius 3 is 1.25 bits per heavy atom. The third-order valence-corrected chi connectivity index (χ3v) is 11.4. The summed E-state index contributed by atoms with van der Waals surface area (Å²) in [5.74, 6) is 0. The predicted octanol–water partition coefficient (Wildman–Crippen LogP) is 12.2. The van der Waals surface area contributed by atoms with Crippen LogP contribution in [0.1, 0.15) is 66.8 Å². The van der Waals surface area contributed by atoms with Crippen LogP contribution in [0.3, 0.4) is 0 Å². The maximum absolute atomic E-state index is 5.85. The Morgan fingerprint density at radius 2 is 0.750 bits per heavy atom. The van der Waals surface area contributed by atoms with E-state index < -0.39 is 0 Å². The third kappa shape index (κ3) is 5.93. The van der Waals surface area contributed by atoms with E-state index in [0.717, 1.165) is 73.5 Å². The highest BCUT2D eigenvalue weighted by Gasteiger charge is 2.36. The lowest BCUT2D eigenvalue weighted by atomic mass is 9.80. The van der Waals surface area contributed by atoms with Crippen molar-refractivity contribution in [3.8, 4) is 0 Å². The molecular formula is C52H44N4. The van der Waals surface area contributed by atoms with Crippen molar-refractivity contribution < 1.29 is 0 Å². The van der Waals surface area contributed by atoms with Crippen molar-refractivity contribution >= 4 is 45.1 Å². The Labute approximate surface area is 330 Å². The largest absolute Gasteiger partial charge is 0.249 e. The molecule has 4 aromatic carbocycles. The molecule has 5 aliphatic heterocycles. The lowest BCUT2D eigenvalue weighted by Crippen LogP contribution is -2.11. The second-order valence-electron chi connectivity index (χ2n) is 15.5. The van der Waals surface area contributed by atoms with E-state index in [2.05, 4.69) is 165 Å². The molecule has 0 fully saturated rings. The summed E-state index contributed by atoms with van der Waals surface area (Å²) in [7, 11) is 0. The summed E-state index contributed by atoms with van der Waals surface area (Å²) in [5, 5.41) is 0. The van der Waals surface area contributed by atoms with E-state index in [4.69, 9.17) is 20.0 Å². The van der Waals surface area contributed by atoms with Gasteiger partial charge in [0.25, 0.3) is 0 Å². The van der Waals surface area contributed by atoms with Gasteiger partial charge in [0.15, 0.2) is 0 Å². The molecular weight excluding hydrogens is 681 g/mol. The first kappa shape index (κ1) is 35.2. The average molecular weight is 725 g/mol. The predicted molar refractivity (Wildman–Crippen MR) is 238 cm³/mol. The standard InChI is InChI=1S/C52H44N4/c1-29-13-9-14-30(2)44(29)42-27-41-26-39-22-21-37(53-39)25-38-23-24-40(54-38)28-43-48(45-31(3)15-10-16-32(45)4)49(46-33(5)17-11-18-34(46)6)52(56-43)50(51(42)55-41)47-35(7)19-12-20-36(47)8/h9-28H,1-8H3. The Bertz CT molecular complexity index is 2760. The molecule has 4 heteroatoms. The van der Waals surface area contributed by atoms with E-state index in [-0.39, 0.29) is 0 Å². The lowest BCUT2D eigenvalue weighted by molar-refractivity contribution is 1.30. The van der Waals surface area contributed by atoms with Crippen LogP contribution in [-0.4, -0.2) is 22.8 Å². The lowest BCUT2D eigenvalue weighted by Gasteiger charge is -2.23. The Morgan fingerprint density at radius 1 is 0.339 bits per heavy atom. The number of allylic oxidation sites excluding steroid dienone is 12. The number of hydrogen-bond acceptors (Lipinski definition) is 4. The highest BCUT2D eigenvalue weighted by Crippen LogP contribution is 2.49. The molecule has 0 aliphatic carbocycles. The molecule has 0 saturated carbocycles. The number of aryl methyl sites for hydroxylation is 8. The molecule has 0 atom stereocenters. The summed E-state index contributed by atoms with van der Waals surface area (Å²) in [6.07, 6.45) is 16.8. The molecule has 4 aromatic rings. The van der Waals surface area contributed by atoms with Gasteiger partial charge in [-0.1, -0.05) is 72.8 Å². The van der Waals surface area contributed by atoms with Gasteiger partial charge in [-0.05, 0) is 171 Å². The van der Waals surface area contributed by atoms with Gasteiger partial charge in [-0.3, -0.25) is 0 Å². The van der Waals surface area contributed by atoms with Gasteiger partial charge in [0.1, 0.15) is 0 Å². The minimum Gasteiger partial charge on any atom is -0.249 e. The molecule has 0 saturated heterocycles. The fourth-order valence-corrected chi connectivity index (χ4v) is 8.92. The zero-order valence-corrected chi connectivity index (χ0v) is 33.3. The Hall–Kier alpha value is -6.52. The maximum Gasteiger partial charge on any atom is 0.0823 e. The van der Waals surface area contributed by atoms with Crippen LogP contribution in [0.2, 0.25) is 0 Å². The molecule has 0 aromatic heterocycles. The highest BCUT2D eigenvalue weighted by molar-refractivity contribution is 6.51. The van der Waals surface area contributed by atoms with E-state index in [1.54, 1.807) is 0 Å². The van der Waals surface area contributed by atoms with E-state index in [9.17, 15) is 0 Å². The first-order chi connectivity index (χ1) is 27.0. The number of hydrogen-bond donors (Lipinski definition) is 0. The van der Waals surface area contributed by atoms with Gasteiger partial charge in [0.2, 0.25) is 0 Å². The summed E-state index contributed by atoms with van der Waals surface area (Å²) in [6.45, 7) is 17.7. The van der Waals surface area contributed by atoms with E-state index in [0.29, 0.717) is 0 Å². The van der Waals surface area contributed by atoms with Crippen molar-refractivity contribution in [2.45, 2.75) is 55.4 Å². The molecule has 0 amide bonds. The molecule has 0 spiro atoms. The molecule has 0 radical (unpaired) electrons. The van der Waals surface area contributed by atoms with Crippen molar-refractivity contribution in [2.24, 2.45) is 20.0 Å². The third-order valence-electron chi connectivity index (χ3n) is 11.4. The van der Waals surface area contributed by atoms with Gasteiger partial charge in [0.05, 0.1) is 45.6 Å². The number of nitrogens with zero attached hydrogens (tertiary/aromatic N) is 4. The SMILES string of the molecule is Cc1cccc(C)c1C1=CC2=CC3=NC(=CC4=NC(=CC5=NC(=C(c6c(C)cccc6C)C1=N2)C(c1c(C)cccc1C)=C5c1c(C)cccc1C)C=C4)C=C3. The van der Waals surface area contributed by atoms with Crippen LogP contribution in [0, 0.1) is 55.4 Å². The van der Waals surface area contributed by atoms with Gasteiger partial charge in [-0.15, -0.1) is 0 Å². The van der Waals surface area contributed by atoms with E-state index in [1.165, 1.54) is 61.2 Å². The van der Waals surface area contributed by atoms with E-state index in [1.807, 2.05) is 12.2 Å². The van der Waals surface area contributed by atoms with Crippen LogP contribution in [0.15, 0.2) is 164 Å². The molecule has 0 unspecified atom stereocenters. The summed E-state index contributed by atoms with van der Waals surface area (Å²) in [4.78, 5) is 21.6. The number of benzene rings is 4. The van der Waals surface area contributed by atoms with Crippen molar-refractivity contribution in [1.29, 1.82) is 0 Å². The molecule has 272 valence electrons. The average Bonchev–Trinajstić information content (AvgIpc) is 3.95. The van der Waals surface area contributed by atoms with Crippen LogP contribution < -0.4 is 0 Å². The second kappa shape index (κ2) is 13.6. The van der Waals surface area contributed by atoms with Gasteiger partial charge in [-0.2, -0.15) is 0 Å². The summed E-state index contributed by atoms with van der Waals surface area (Å²) in [6, 6.07) is 26.3. The van der Waals surface area contributed by atoms with Gasteiger partial charge in [-0.25, -0.2) is 20.0 Å². The fraction of sp³-hybridized carbons (Fsp3) is 0.154. The van der Waals surface area contributed by atoms with E-state index >= 15 is 0 Å². The first-order valence-electron chi connectivity index (χ1n) is 19.4. The van der Waals surface area contributed by atoms with Crippen LogP contribution in [0.25, 0.3) is 22.3 Å². The number of rotatable bonds is 4. The van der Waals surface area contributed by atoms with Gasteiger partial charge in [0, 0.05) is 22.3 Å². The monoisotopic (exact) mass is 724 g/mol. The minimum atomic E-state index is 0.852. The topological polar surface area (TPSA) is 49.4 Å². The molecule has 5 heterocycles. The summed E-state index contributed by atoms with van der Waals surface area (Å²) < 4.78 is 0. The Balaban J connectivity index is 1.52. The molecule has 5 aliphatic rings. The molecule has 8 bridgehead atoms. The van der Waals surface area contributed by atoms with Crippen LogP contribution in [0.5, 0.6) is 0 Å². The van der Waals surface area contributed by atoms with Gasteiger partial charge < -0.3 is 0 Å². The molecule has 56 heavy (non-hydrogen) atoms. The van der Waals surface area contributed by atoms with Gasteiger partial charge >= 0.3 is 0 Å². The minimum absolute atomic E-state index is 0.852. The number of aliphatic imine (C=N–C) groups is 4. The first-order valence-corrected chi connectivity index (χ1v) is 19.4. The normalized spacial score (nSPS) is 17.1. The second-order valence-corrected chi connectivity index (χ2v) is 15.5. The quantitative estimate of drug-likeness (QED) is 0.201. The van der Waals surface area contributed by atoms with Crippen molar-refractivity contribution in [3.63, 3.8) is 0 Å². The summed E-state index contributed by atoms with van der Waals surface area (Å²) in [5.41, 5.74) is 25.6. The van der Waals surface area contributed by atoms with Crippen LogP contribution in [0.4, 0.5) is 0 Å². The number of fused-ring (bicyclic) bond motifs is 4. The molecule has 4 nitrogen and oxygen atoms in total. The zero-order valence-electron chi connectivity index (χ0n) is 33.3. The van der Waals surface area contributed by atoms with Crippen LogP contribution in [-0.2, 0) is 0 Å². The summed E-state index contributed by atoms with van der Waals surface area (Å²) >= 11 is 0.